The van der Waals surface area contributed by atoms with Crippen LogP contribution in [0.25, 0.3) is 0 Å². The molecular formula is C14H23NO. The Balaban J connectivity index is 2.92. The van der Waals surface area contributed by atoms with E-state index in [0.717, 1.165) is 5.56 Å². The molecule has 0 saturated carbocycles. The lowest BCUT2D eigenvalue weighted by Crippen LogP contribution is -2.41. The second-order valence-electron chi connectivity index (χ2n) is 5.18. The number of benzene rings is 1. The molecule has 1 aromatic rings. The lowest BCUT2D eigenvalue weighted by atomic mass is 9.82. The van der Waals surface area contributed by atoms with Crippen LogP contribution in [0.2, 0.25) is 0 Å². The van der Waals surface area contributed by atoms with E-state index in [1.807, 2.05) is 25.1 Å². The molecule has 2 atom stereocenters. The molecule has 0 saturated heterocycles. The van der Waals surface area contributed by atoms with E-state index in [1.165, 1.54) is 0 Å². The van der Waals surface area contributed by atoms with Gasteiger partial charge in [0, 0.05) is 12.6 Å². The number of rotatable bonds is 4. The zero-order valence-electron chi connectivity index (χ0n) is 10.7. The first-order chi connectivity index (χ1) is 7.46. The molecule has 90 valence electrons. The van der Waals surface area contributed by atoms with Crippen molar-refractivity contribution in [3.63, 3.8) is 0 Å². The molecule has 2 unspecified atom stereocenters. The maximum atomic E-state index is 6.29. The van der Waals surface area contributed by atoms with Gasteiger partial charge < -0.3 is 10.5 Å². The second-order valence-corrected chi connectivity index (χ2v) is 5.18. The third kappa shape index (κ3) is 3.32. The van der Waals surface area contributed by atoms with E-state index in [1.54, 1.807) is 0 Å². The van der Waals surface area contributed by atoms with Crippen molar-refractivity contribution in [2.45, 2.75) is 39.8 Å². The summed E-state index contributed by atoms with van der Waals surface area (Å²) in [6.45, 7) is 9.13. The van der Waals surface area contributed by atoms with E-state index >= 15 is 0 Å². The van der Waals surface area contributed by atoms with Crippen molar-refractivity contribution in [3.05, 3.63) is 35.9 Å². The summed E-state index contributed by atoms with van der Waals surface area (Å²) in [5.41, 5.74) is 7.48. The predicted molar refractivity (Wildman–Crippen MR) is 68.2 cm³/mol. The standard InChI is InChI=1S/C14H23NO/c1-5-16-12(13(15)14(2,3)4)11-9-7-6-8-10-11/h6-10,12-13H,5,15H2,1-4H3. The molecule has 0 amide bonds. The third-order valence-electron chi connectivity index (χ3n) is 2.80. The van der Waals surface area contributed by atoms with Crippen molar-refractivity contribution in [1.29, 1.82) is 0 Å². The van der Waals surface area contributed by atoms with Crippen molar-refractivity contribution >= 4 is 0 Å². The molecule has 0 aromatic heterocycles. The van der Waals surface area contributed by atoms with Crippen molar-refractivity contribution < 1.29 is 4.74 Å². The molecule has 0 aliphatic carbocycles. The number of nitrogens with two attached hydrogens (primary N) is 1. The van der Waals surface area contributed by atoms with Gasteiger partial charge in [0.1, 0.15) is 0 Å². The number of hydrogen-bond donors (Lipinski definition) is 1. The highest BCUT2D eigenvalue weighted by molar-refractivity contribution is 5.19. The van der Waals surface area contributed by atoms with E-state index in [4.69, 9.17) is 10.5 Å². The highest BCUT2D eigenvalue weighted by Gasteiger charge is 2.30. The van der Waals surface area contributed by atoms with Crippen LogP contribution in [0.5, 0.6) is 0 Å². The van der Waals surface area contributed by atoms with Crippen molar-refractivity contribution in [3.8, 4) is 0 Å². The lowest BCUT2D eigenvalue weighted by Gasteiger charge is -2.34. The Hall–Kier alpha value is -0.860. The fraction of sp³-hybridized carbons (Fsp3) is 0.571. The Kier molecular flexibility index (Phi) is 4.51. The molecular weight excluding hydrogens is 198 g/mol. The number of hydrogen-bond acceptors (Lipinski definition) is 2. The molecule has 16 heavy (non-hydrogen) atoms. The van der Waals surface area contributed by atoms with E-state index in [2.05, 4.69) is 32.9 Å². The second kappa shape index (κ2) is 5.46. The Labute approximate surface area is 98.8 Å². The fourth-order valence-electron chi connectivity index (χ4n) is 1.68. The van der Waals surface area contributed by atoms with Gasteiger partial charge >= 0.3 is 0 Å². The molecule has 2 heteroatoms. The van der Waals surface area contributed by atoms with Gasteiger partial charge in [-0.05, 0) is 17.9 Å². The maximum Gasteiger partial charge on any atom is 0.0980 e. The van der Waals surface area contributed by atoms with Gasteiger partial charge in [-0.25, -0.2) is 0 Å². The molecule has 1 rings (SSSR count). The smallest absolute Gasteiger partial charge is 0.0980 e. The third-order valence-corrected chi connectivity index (χ3v) is 2.80. The van der Waals surface area contributed by atoms with E-state index < -0.39 is 0 Å². The topological polar surface area (TPSA) is 35.2 Å². The minimum Gasteiger partial charge on any atom is -0.372 e. The van der Waals surface area contributed by atoms with Crippen LogP contribution in [0.3, 0.4) is 0 Å². The first-order valence-electron chi connectivity index (χ1n) is 5.89. The van der Waals surface area contributed by atoms with Gasteiger partial charge in [0.05, 0.1) is 6.10 Å². The molecule has 0 aliphatic heterocycles. The van der Waals surface area contributed by atoms with E-state index in [0.29, 0.717) is 6.61 Å². The summed E-state index contributed by atoms with van der Waals surface area (Å²) < 4.78 is 5.79. The normalized spacial score (nSPS) is 15.8. The molecule has 0 radical (unpaired) electrons. The highest BCUT2D eigenvalue weighted by Crippen LogP contribution is 2.30. The minimum absolute atomic E-state index is 0.00477. The van der Waals surface area contributed by atoms with Crippen LogP contribution in [0, 0.1) is 5.41 Å². The molecule has 0 heterocycles. The monoisotopic (exact) mass is 221 g/mol. The molecule has 0 bridgehead atoms. The van der Waals surface area contributed by atoms with Gasteiger partial charge in [0.25, 0.3) is 0 Å². The lowest BCUT2D eigenvalue weighted by molar-refractivity contribution is 0.0143. The summed E-state index contributed by atoms with van der Waals surface area (Å²) in [5.74, 6) is 0. The summed E-state index contributed by atoms with van der Waals surface area (Å²) in [6, 6.07) is 10.2. The molecule has 0 spiro atoms. The van der Waals surface area contributed by atoms with Gasteiger partial charge in [-0.1, -0.05) is 51.1 Å². The van der Waals surface area contributed by atoms with Crippen LogP contribution in [0.4, 0.5) is 0 Å². The summed E-state index contributed by atoms with van der Waals surface area (Å²) in [6.07, 6.45) is -0.0220. The molecule has 2 N–H and O–H groups in total. The average Bonchev–Trinajstić information content (AvgIpc) is 2.25. The fourth-order valence-corrected chi connectivity index (χ4v) is 1.68. The SMILES string of the molecule is CCOC(c1ccccc1)C(N)C(C)(C)C. The van der Waals surface area contributed by atoms with E-state index in [-0.39, 0.29) is 17.6 Å². The molecule has 2 nitrogen and oxygen atoms in total. The van der Waals surface area contributed by atoms with Gasteiger partial charge in [0.15, 0.2) is 0 Å². The minimum atomic E-state index is -0.0220. The largest absolute Gasteiger partial charge is 0.372 e. The Bertz CT molecular complexity index is 302. The predicted octanol–water partition coefficient (Wildman–Crippen LogP) is 3.14. The quantitative estimate of drug-likeness (QED) is 0.847. The Morgan fingerprint density at radius 1 is 1.19 bits per heavy atom. The summed E-state index contributed by atoms with van der Waals surface area (Å²) in [7, 11) is 0. The highest BCUT2D eigenvalue weighted by atomic mass is 16.5. The molecule has 0 fully saturated rings. The molecule has 1 aromatic carbocycles. The van der Waals surface area contributed by atoms with Crippen LogP contribution < -0.4 is 5.73 Å². The number of ether oxygens (including phenoxy) is 1. The first-order valence-corrected chi connectivity index (χ1v) is 5.89. The van der Waals surface area contributed by atoms with Gasteiger partial charge in [-0.2, -0.15) is 0 Å². The summed E-state index contributed by atoms with van der Waals surface area (Å²) >= 11 is 0. The van der Waals surface area contributed by atoms with Crippen LogP contribution in [0.1, 0.15) is 39.4 Å². The Morgan fingerprint density at radius 3 is 2.19 bits per heavy atom. The first kappa shape index (κ1) is 13.2. The van der Waals surface area contributed by atoms with Crippen LogP contribution in [-0.2, 0) is 4.74 Å². The van der Waals surface area contributed by atoms with Crippen molar-refractivity contribution in [2.24, 2.45) is 11.1 Å². The van der Waals surface area contributed by atoms with E-state index in [9.17, 15) is 0 Å². The average molecular weight is 221 g/mol. The van der Waals surface area contributed by atoms with Crippen molar-refractivity contribution in [1.82, 2.24) is 0 Å². The zero-order valence-corrected chi connectivity index (χ0v) is 10.7. The Morgan fingerprint density at radius 2 is 1.75 bits per heavy atom. The van der Waals surface area contributed by atoms with Gasteiger partial charge in [-0.15, -0.1) is 0 Å². The van der Waals surface area contributed by atoms with Crippen molar-refractivity contribution in [2.75, 3.05) is 6.61 Å². The van der Waals surface area contributed by atoms with Crippen LogP contribution in [-0.4, -0.2) is 12.6 Å². The van der Waals surface area contributed by atoms with Crippen LogP contribution >= 0.6 is 0 Å². The van der Waals surface area contributed by atoms with Crippen LogP contribution in [0.15, 0.2) is 30.3 Å². The van der Waals surface area contributed by atoms with Gasteiger partial charge in [0.2, 0.25) is 0 Å². The summed E-state index contributed by atoms with van der Waals surface area (Å²) in [4.78, 5) is 0. The van der Waals surface area contributed by atoms with Gasteiger partial charge in [-0.3, -0.25) is 0 Å². The molecule has 0 aliphatic rings. The summed E-state index contributed by atoms with van der Waals surface area (Å²) in [5, 5.41) is 0. The maximum absolute atomic E-state index is 6.29. The zero-order chi connectivity index (χ0) is 12.2.